The van der Waals surface area contributed by atoms with Gasteiger partial charge in [-0.1, -0.05) is 38.3 Å². The van der Waals surface area contributed by atoms with Gasteiger partial charge in [0.1, 0.15) is 5.41 Å². The van der Waals surface area contributed by atoms with E-state index in [0.29, 0.717) is 12.8 Å². The molecule has 120 valence electrons. The second kappa shape index (κ2) is 6.46. The van der Waals surface area contributed by atoms with E-state index in [0.717, 1.165) is 44.5 Å². The highest BCUT2D eigenvalue weighted by atomic mass is 32.2. The molecule has 0 aromatic carbocycles. The van der Waals surface area contributed by atoms with Crippen molar-refractivity contribution in [1.29, 1.82) is 0 Å². The van der Waals surface area contributed by atoms with Crippen molar-refractivity contribution in [3.05, 3.63) is 0 Å². The molecule has 6 heteroatoms. The molecule has 0 aromatic rings. The molecule has 1 aliphatic heterocycles. The monoisotopic (exact) mass is 313 g/mol. The molecule has 2 aliphatic rings. The van der Waals surface area contributed by atoms with Crippen molar-refractivity contribution in [3.8, 4) is 0 Å². The topological polar surface area (TPSA) is 78.9 Å². The Labute approximate surface area is 131 Å². The van der Waals surface area contributed by atoms with Crippen molar-refractivity contribution < 1.29 is 10.0 Å². The predicted molar refractivity (Wildman–Crippen MR) is 86.7 cm³/mol. The average molecular weight is 313 g/mol. The molecule has 5 nitrogen and oxygen atoms in total. The molecule has 21 heavy (non-hydrogen) atoms. The largest absolute Gasteiger partial charge is 0.409 e. The Kier molecular flexibility index (Phi) is 5.07. The molecule has 0 unspecified atom stereocenters. The van der Waals surface area contributed by atoms with Crippen LogP contribution in [0.5, 0.6) is 0 Å². The number of nitrogens with two attached hydrogens (primary N) is 1. The molecule has 1 saturated heterocycles. The minimum Gasteiger partial charge on any atom is -0.409 e. The lowest BCUT2D eigenvalue weighted by Gasteiger charge is -2.38. The van der Waals surface area contributed by atoms with Crippen LogP contribution in [0.4, 0.5) is 0 Å². The Morgan fingerprint density at radius 1 is 1.19 bits per heavy atom. The second-order valence-electron chi connectivity index (χ2n) is 6.78. The first kappa shape index (κ1) is 16.5. The van der Waals surface area contributed by atoms with Gasteiger partial charge in [-0.15, -0.1) is 0 Å². The summed E-state index contributed by atoms with van der Waals surface area (Å²) >= 11 is 1.92. The standard InChI is InChI=1S/C15H27N3O2S/c1-14(2)8-9-18(10-11-21-14)13(19)15(12(16)17-20)6-4-3-5-7-15/h20H,3-11H2,1-2H3,(H2,16,17). The third-order valence-corrected chi connectivity index (χ3v) is 6.21. The van der Waals surface area contributed by atoms with Crippen LogP contribution in [0.1, 0.15) is 52.4 Å². The summed E-state index contributed by atoms with van der Waals surface area (Å²) in [7, 11) is 0. The summed E-state index contributed by atoms with van der Waals surface area (Å²) in [4.78, 5) is 15.0. The summed E-state index contributed by atoms with van der Waals surface area (Å²) in [5.41, 5.74) is 5.16. The van der Waals surface area contributed by atoms with E-state index in [9.17, 15) is 4.79 Å². The number of oxime groups is 1. The first-order valence-corrected chi connectivity index (χ1v) is 8.81. The van der Waals surface area contributed by atoms with Gasteiger partial charge in [0, 0.05) is 23.6 Å². The van der Waals surface area contributed by atoms with E-state index in [4.69, 9.17) is 10.9 Å². The number of carbonyl (C=O) groups is 1. The lowest BCUT2D eigenvalue weighted by atomic mass is 9.72. The van der Waals surface area contributed by atoms with Gasteiger partial charge in [-0.2, -0.15) is 11.8 Å². The molecular formula is C15H27N3O2S. The van der Waals surface area contributed by atoms with Gasteiger partial charge in [-0.25, -0.2) is 0 Å². The van der Waals surface area contributed by atoms with Crippen LogP contribution >= 0.6 is 11.8 Å². The van der Waals surface area contributed by atoms with Crippen molar-refractivity contribution in [1.82, 2.24) is 4.90 Å². The highest BCUT2D eigenvalue weighted by molar-refractivity contribution is 8.00. The quantitative estimate of drug-likeness (QED) is 0.355. The van der Waals surface area contributed by atoms with Crippen molar-refractivity contribution >= 4 is 23.5 Å². The molecule has 0 bridgehead atoms. The molecule has 0 aromatic heterocycles. The number of amidine groups is 1. The van der Waals surface area contributed by atoms with Gasteiger partial charge in [-0.05, 0) is 19.3 Å². The number of hydrogen-bond donors (Lipinski definition) is 2. The van der Waals surface area contributed by atoms with Gasteiger partial charge >= 0.3 is 0 Å². The summed E-state index contributed by atoms with van der Waals surface area (Å²) in [6.45, 7) is 5.98. The van der Waals surface area contributed by atoms with Crippen LogP contribution in [0.25, 0.3) is 0 Å². The second-order valence-corrected chi connectivity index (χ2v) is 8.58. The lowest BCUT2D eigenvalue weighted by molar-refractivity contribution is -0.139. The Morgan fingerprint density at radius 3 is 2.48 bits per heavy atom. The van der Waals surface area contributed by atoms with Gasteiger partial charge in [0.05, 0.1) is 0 Å². The first-order chi connectivity index (χ1) is 9.91. The van der Waals surface area contributed by atoms with E-state index in [1.165, 1.54) is 0 Å². The lowest BCUT2D eigenvalue weighted by Crippen LogP contribution is -2.53. The first-order valence-electron chi connectivity index (χ1n) is 7.83. The van der Waals surface area contributed by atoms with E-state index in [2.05, 4.69) is 19.0 Å². The molecule has 2 rings (SSSR count). The van der Waals surface area contributed by atoms with Gasteiger partial charge in [0.2, 0.25) is 5.91 Å². The highest BCUT2D eigenvalue weighted by Gasteiger charge is 2.46. The van der Waals surface area contributed by atoms with E-state index in [1.807, 2.05) is 16.7 Å². The van der Waals surface area contributed by atoms with Gasteiger partial charge < -0.3 is 15.8 Å². The van der Waals surface area contributed by atoms with E-state index >= 15 is 0 Å². The molecule has 3 N–H and O–H groups in total. The summed E-state index contributed by atoms with van der Waals surface area (Å²) in [6, 6.07) is 0. The number of rotatable bonds is 2. The van der Waals surface area contributed by atoms with Gasteiger partial charge in [0.15, 0.2) is 5.84 Å². The molecule has 1 saturated carbocycles. The Morgan fingerprint density at radius 2 is 1.86 bits per heavy atom. The zero-order chi connectivity index (χ0) is 15.5. The SMILES string of the molecule is CC1(C)CCN(C(=O)C2(C(N)=NO)CCCCC2)CCS1. The zero-order valence-electron chi connectivity index (χ0n) is 13.1. The number of carbonyl (C=O) groups excluding carboxylic acids is 1. The smallest absolute Gasteiger partial charge is 0.236 e. The third-order valence-electron chi connectivity index (χ3n) is 4.84. The Hall–Kier alpha value is -0.910. The maximum Gasteiger partial charge on any atom is 0.236 e. The van der Waals surface area contributed by atoms with Crippen molar-refractivity contribution in [2.75, 3.05) is 18.8 Å². The summed E-state index contributed by atoms with van der Waals surface area (Å²) < 4.78 is 0.214. The Bertz CT molecular complexity index is 417. The molecule has 1 heterocycles. The maximum atomic E-state index is 13.1. The van der Waals surface area contributed by atoms with E-state index in [-0.39, 0.29) is 16.5 Å². The van der Waals surface area contributed by atoms with Gasteiger partial charge in [0.25, 0.3) is 0 Å². The minimum atomic E-state index is -0.772. The number of hydrogen-bond acceptors (Lipinski definition) is 4. The maximum absolute atomic E-state index is 13.1. The van der Waals surface area contributed by atoms with Crippen LogP contribution in [-0.4, -0.2) is 45.4 Å². The molecule has 0 spiro atoms. The number of amides is 1. The van der Waals surface area contributed by atoms with Crippen LogP contribution in [-0.2, 0) is 4.79 Å². The fourth-order valence-corrected chi connectivity index (χ4v) is 4.46. The summed E-state index contributed by atoms with van der Waals surface area (Å²) in [5.74, 6) is 1.12. The van der Waals surface area contributed by atoms with Crippen LogP contribution in [0.3, 0.4) is 0 Å². The highest BCUT2D eigenvalue weighted by Crippen LogP contribution is 2.39. The van der Waals surface area contributed by atoms with Crippen LogP contribution in [0.2, 0.25) is 0 Å². The van der Waals surface area contributed by atoms with Crippen molar-refractivity contribution in [2.45, 2.75) is 57.1 Å². The zero-order valence-corrected chi connectivity index (χ0v) is 13.9. The number of nitrogens with zero attached hydrogens (tertiary/aromatic N) is 2. The molecular weight excluding hydrogens is 286 g/mol. The van der Waals surface area contributed by atoms with Crippen LogP contribution in [0.15, 0.2) is 5.16 Å². The predicted octanol–water partition coefficient (Wildman–Crippen LogP) is 2.43. The molecule has 1 aliphatic carbocycles. The molecule has 0 radical (unpaired) electrons. The van der Waals surface area contributed by atoms with Crippen molar-refractivity contribution in [3.63, 3.8) is 0 Å². The normalized spacial score (nSPS) is 26.2. The number of thioether (sulfide) groups is 1. The minimum absolute atomic E-state index is 0.0656. The molecule has 1 amide bonds. The fraction of sp³-hybridized carbons (Fsp3) is 0.867. The van der Waals surface area contributed by atoms with Crippen LogP contribution < -0.4 is 5.73 Å². The summed E-state index contributed by atoms with van der Waals surface area (Å²) in [5, 5.41) is 12.3. The van der Waals surface area contributed by atoms with Crippen LogP contribution in [0, 0.1) is 5.41 Å². The Balaban J connectivity index is 2.18. The van der Waals surface area contributed by atoms with E-state index < -0.39 is 5.41 Å². The van der Waals surface area contributed by atoms with Gasteiger partial charge in [-0.3, -0.25) is 4.79 Å². The molecule has 2 fully saturated rings. The summed E-state index contributed by atoms with van der Waals surface area (Å²) in [6.07, 6.45) is 5.45. The fourth-order valence-electron chi connectivity index (χ4n) is 3.36. The third kappa shape index (κ3) is 3.47. The van der Waals surface area contributed by atoms with Crippen molar-refractivity contribution in [2.24, 2.45) is 16.3 Å². The molecule has 0 atom stereocenters. The average Bonchev–Trinajstić information content (AvgIpc) is 2.67. The van der Waals surface area contributed by atoms with E-state index in [1.54, 1.807) is 0 Å².